The summed E-state index contributed by atoms with van der Waals surface area (Å²) in [6, 6.07) is 5.68. The van der Waals surface area contributed by atoms with E-state index in [4.69, 9.17) is 4.74 Å². The van der Waals surface area contributed by atoms with Crippen molar-refractivity contribution in [1.82, 2.24) is 4.90 Å². The Balaban J connectivity index is 2.83. The predicted molar refractivity (Wildman–Crippen MR) is 79.6 cm³/mol. The van der Waals surface area contributed by atoms with Crippen molar-refractivity contribution in [3.8, 4) is 11.5 Å². The monoisotopic (exact) mass is 265 g/mol. The third-order valence-corrected chi connectivity index (χ3v) is 2.94. The fraction of sp³-hybridized carbons (Fsp3) is 0.625. The molecule has 0 bridgehead atoms. The van der Waals surface area contributed by atoms with Crippen LogP contribution in [0, 0.1) is 11.8 Å². The molecule has 0 aliphatic heterocycles. The Morgan fingerprint density at radius 1 is 1.11 bits per heavy atom. The van der Waals surface area contributed by atoms with E-state index < -0.39 is 0 Å². The average molecular weight is 265 g/mol. The largest absolute Gasteiger partial charge is 0.504 e. The number of methoxy groups -OCH3 is 1. The molecule has 108 valence electrons. The van der Waals surface area contributed by atoms with Crippen molar-refractivity contribution >= 4 is 0 Å². The number of aromatic hydroxyl groups is 1. The molecule has 0 fully saturated rings. The Morgan fingerprint density at radius 2 is 1.68 bits per heavy atom. The lowest BCUT2D eigenvalue weighted by Crippen LogP contribution is -2.30. The van der Waals surface area contributed by atoms with Crippen molar-refractivity contribution in [3.05, 3.63) is 23.8 Å². The second-order valence-corrected chi connectivity index (χ2v) is 5.95. The summed E-state index contributed by atoms with van der Waals surface area (Å²) in [6.45, 7) is 11.7. The fourth-order valence-electron chi connectivity index (χ4n) is 2.34. The minimum absolute atomic E-state index is 0.266. The molecule has 1 rings (SSSR count). The van der Waals surface area contributed by atoms with E-state index in [1.54, 1.807) is 13.2 Å². The molecule has 0 saturated carbocycles. The number of benzene rings is 1. The van der Waals surface area contributed by atoms with Gasteiger partial charge in [0.1, 0.15) is 0 Å². The minimum atomic E-state index is 0.266. The molecule has 0 aliphatic rings. The molecule has 0 aliphatic carbocycles. The first-order valence-electron chi connectivity index (χ1n) is 7.01. The van der Waals surface area contributed by atoms with Crippen LogP contribution in [-0.4, -0.2) is 30.2 Å². The van der Waals surface area contributed by atoms with Gasteiger partial charge < -0.3 is 9.84 Å². The Kier molecular flexibility index (Phi) is 6.16. The van der Waals surface area contributed by atoms with E-state index >= 15 is 0 Å². The summed E-state index contributed by atoms with van der Waals surface area (Å²) in [5.74, 6) is 2.05. The summed E-state index contributed by atoms with van der Waals surface area (Å²) in [5.41, 5.74) is 0.931. The first-order valence-corrected chi connectivity index (χ1v) is 7.01. The molecule has 0 aromatic heterocycles. The Labute approximate surface area is 117 Å². The van der Waals surface area contributed by atoms with E-state index in [0.29, 0.717) is 17.6 Å². The van der Waals surface area contributed by atoms with E-state index in [-0.39, 0.29) is 5.75 Å². The number of nitrogens with zero attached hydrogens (tertiary/aromatic N) is 1. The molecule has 1 aromatic carbocycles. The van der Waals surface area contributed by atoms with Crippen LogP contribution in [0.2, 0.25) is 0 Å². The highest BCUT2D eigenvalue weighted by molar-refractivity contribution is 5.45. The van der Waals surface area contributed by atoms with Crippen LogP contribution in [-0.2, 0) is 6.54 Å². The van der Waals surface area contributed by atoms with Crippen molar-refractivity contribution in [1.29, 1.82) is 0 Å². The number of para-hydroxylation sites is 1. The number of phenols is 1. The number of hydrogen-bond acceptors (Lipinski definition) is 3. The molecule has 0 heterocycles. The minimum Gasteiger partial charge on any atom is -0.504 e. The van der Waals surface area contributed by atoms with Crippen LogP contribution in [0.1, 0.15) is 33.3 Å². The maximum Gasteiger partial charge on any atom is 0.162 e. The first kappa shape index (κ1) is 15.8. The van der Waals surface area contributed by atoms with Gasteiger partial charge in [0.05, 0.1) is 7.11 Å². The number of hydrogen-bond donors (Lipinski definition) is 1. The number of phenolic OH excluding ortho intramolecular Hbond substituents is 1. The smallest absolute Gasteiger partial charge is 0.162 e. The summed E-state index contributed by atoms with van der Waals surface area (Å²) in [6.07, 6.45) is 0. The van der Waals surface area contributed by atoms with E-state index in [0.717, 1.165) is 25.2 Å². The third-order valence-electron chi connectivity index (χ3n) is 2.94. The van der Waals surface area contributed by atoms with E-state index in [9.17, 15) is 5.11 Å². The van der Waals surface area contributed by atoms with Crippen LogP contribution in [0.25, 0.3) is 0 Å². The highest BCUT2D eigenvalue weighted by atomic mass is 16.5. The zero-order valence-corrected chi connectivity index (χ0v) is 12.8. The number of ether oxygens (including phenoxy) is 1. The summed E-state index contributed by atoms with van der Waals surface area (Å²) in [7, 11) is 1.58. The van der Waals surface area contributed by atoms with Gasteiger partial charge in [0.2, 0.25) is 0 Å². The molecule has 19 heavy (non-hydrogen) atoms. The summed E-state index contributed by atoms with van der Waals surface area (Å²) >= 11 is 0. The molecule has 0 amide bonds. The fourth-order valence-corrected chi connectivity index (χ4v) is 2.34. The molecule has 0 unspecified atom stereocenters. The van der Waals surface area contributed by atoms with Crippen molar-refractivity contribution in [2.45, 2.75) is 34.2 Å². The molecule has 0 spiro atoms. The molecule has 0 saturated heterocycles. The zero-order chi connectivity index (χ0) is 14.4. The van der Waals surface area contributed by atoms with Crippen LogP contribution in [0.5, 0.6) is 11.5 Å². The van der Waals surface area contributed by atoms with E-state index in [2.05, 4.69) is 32.6 Å². The van der Waals surface area contributed by atoms with Gasteiger partial charge >= 0.3 is 0 Å². The van der Waals surface area contributed by atoms with Gasteiger partial charge in [0.25, 0.3) is 0 Å². The summed E-state index contributed by atoms with van der Waals surface area (Å²) in [4.78, 5) is 2.39. The van der Waals surface area contributed by atoms with Gasteiger partial charge in [-0.15, -0.1) is 0 Å². The topological polar surface area (TPSA) is 32.7 Å². The van der Waals surface area contributed by atoms with E-state index in [1.165, 1.54) is 0 Å². The maximum atomic E-state index is 10.2. The average Bonchev–Trinajstić information content (AvgIpc) is 2.30. The molecular formula is C16H27NO2. The molecule has 1 aromatic rings. The SMILES string of the molecule is COc1cccc(CN(CC(C)C)CC(C)C)c1O. The van der Waals surface area contributed by atoms with Gasteiger partial charge in [-0.25, -0.2) is 0 Å². The molecule has 3 nitrogen and oxygen atoms in total. The van der Waals surface area contributed by atoms with Crippen LogP contribution < -0.4 is 4.74 Å². The van der Waals surface area contributed by atoms with Gasteiger partial charge in [-0.2, -0.15) is 0 Å². The van der Waals surface area contributed by atoms with Crippen molar-refractivity contribution in [2.24, 2.45) is 11.8 Å². The van der Waals surface area contributed by atoms with Crippen molar-refractivity contribution < 1.29 is 9.84 Å². The molecule has 1 N–H and O–H groups in total. The van der Waals surface area contributed by atoms with E-state index in [1.807, 2.05) is 12.1 Å². The Hall–Kier alpha value is -1.22. The van der Waals surface area contributed by atoms with Crippen LogP contribution in [0.4, 0.5) is 0 Å². The van der Waals surface area contributed by atoms with Gasteiger partial charge in [0.15, 0.2) is 11.5 Å². The predicted octanol–water partition coefficient (Wildman–Crippen LogP) is 3.51. The summed E-state index contributed by atoms with van der Waals surface area (Å²) in [5, 5.41) is 10.2. The lowest BCUT2D eigenvalue weighted by atomic mass is 10.1. The molecule has 0 radical (unpaired) electrons. The van der Waals surface area contributed by atoms with Gasteiger partial charge in [0, 0.05) is 25.2 Å². The van der Waals surface area contributed by atoms with Gasteiger partial charge in [-0.1, -0.05) is 39.8 Å². The lowest BCUT2D eigenvalue weighted by Gasteiger charge is -2.26. The second kappa shape index (κ2) is 7.39. The van der Waals surface area contributed by atoms with Crippen molar-refractivity contribution in [2.75, 3.05) is 20.2 Å². The normalized spacial score (nSPS) is 11.6. The highest BCUT2D eigenvalue weighted by Gasteiger charge is 2.14. The standard InChI is InChI=1S/C16H27NO2/c1-12(2)9-17(10-13(3)4)11-14-7-6-8-15(19-5)16(14)18/h6-8,12-13,18H,9-11H2,1-5H3. The zero-order valence-electron chi connectivity index (χ0n) is 12.8. The Morgan fingerprint density at radius 3 is 2.16 bits per heavy atom. The summed E-state index contributed by atoms with van der Waals surface area (Å²) < 4.78 is 5.16. The van der Waals surface area contributed by atoms with Crippen molar-refractivity contribution in [3.63, 3.8) is 0 Å². The first-order chi connectivity index (χ1) is 8.93. The van der Waals surface area contributed by atoms with Crippen LogP contribution >= 0.6 is 0 Å². The number of rotatable bonds is 7. The van der Waals surface area contributed by atoms with Crippen LogP contribution in [0.15, 0.2) is 18.2 Å². The van der Waals surface area contributed by atoms with Crippen LogP contribution in [0.3, 0.4) is 0 Å². The maximum absolute atomic E-state index is 10.2. The third kappa shape index (κ3) is 5.11. The molecular weight excluding hydrogens is 238 g/mol. The molecule has 3 heteroatoms. The highest BCUT2D eigenvalue weighted by Crippen LogP contribution is 2.30. The lowest BCUT2D eigenvalue weighted by molar-refractivity contribution is 0.208. The van der Waals surface area contributed by atoms with Gasteiger partial charge in [-0.05, 0) is 17.9 Å². The van der Waals surface area contributed by atoms with Gasteiger partial charge in [-0.3, -0.25) is 4.90 Å². The molecule has 0 atom stereocenters. The second-order valence-electron chi connectivity index (χ2n) is 5.95. The Bertz CT molecular complexity index is 378. The quantitative estimate of drug-likeness (QED) is 0.819.